The minimum Gasteiger partial charge on any atom is -0.378 e. The summed E-state index contributed by atoms with van der Waals surface area (Å²) in [5.74, 6) is 0. The van der Waals surface area contributed by atoms with Gasteiger partial charge in [0.1, 0.15) is 0 Å². The molecule has 30 heavy (non-hydrogen) atoms. The van der Waals surface area contributed by atoms with Gasteiger partial charge in [-0.25, -0.2) is 0 Å². The summed E-state index contributed by atoms with van der Waals surface area (Å²) < 4.78 is 6.09. The molecule has 0 aromatic heterocycles. The average molecular weight is 424 g/mol. The summed E-state index contributed by atoms with van der Waals surface area (Å²) in [6, 6.07) is 0. The van der Waals surface area contributed by atoms with Gasteiger partial charge in [-0.1, -0.05) is 60.5 Å². The molecule has 0 bridgehead atoms. The van der Waals surface area contributed by atoms with Gasteiger partial charge in [-0.15, -0.1) is 0 Å². The third kappa shape index (κ3) is 9.28. The summed E-state index contributed by atoms with van der Waals surface area (Å²) in [6.45, 7) is 22.7. The molecular formula is C26H53N3O. The molecule has 4 rings (SSSR count). The Morgan fingerprint density at radius 3 is 1.93 bits per heavy atom. The Hall–Kier alpha value is -0.580. The van der Waals surface area contributed by atoms with Gasteiger partial charge in [-0.2, -0.15) is 0 Å². The molecule has 3 heterocycles. The Kier molecular flexibility index (Phi) is 14.7. The van der Waals surface area contributed by atoms with E-state index in [1.165, 1.54) is 90.5 Å². The highest BCUT2D eigenvalue weighted by molar-refractivity contribution is 4.98. The van der Waals surface area contributed by atoms with Crippen molar-refractivity contribution in [3.05, 3.63) is 12.8 Å². The van der Waals surface area contributed by atoms with Crippen LogP contribution in [-0.4, -0.2) is 67.8 Å². The van der Waals surface area contributed by atoms with Crippen LogP contribution in [0.4, 0.5) is 0 Å². The standard InChI is InChI=1S/C11H20N2.C11H21NO.2C2H6/c1-3-12-7-5-11(6-8-12)9-13(4-2)10-11;1-2-4-10(5-3-1)13-11-6-8-12-9-7-11;2*1-2/h3H,1,4-10H2,2H3;10-12H,1-9H2;2*1-2H3. The number of nitrogens with zero attached hydrogens (tertiary/aromatic N) is 2. The van der Waals surface area contributed by atoms with E-state index in [4.69, 9.17) is 4.74 Å². The second kappa shape index (κ2) is 16.1. The predicted molar refractivity (Wildman–Crippen MR) is 132 cm³/mol. The Labute approximate surface area is 188 Å². The van der Waals surface area contributed by atoms with Crippen LogP contribution in [0.3, 0.4) is 0 Å². The van der Waals surface area contributed by atoms with Crippen molar-refractivity contribution in [2.75, 3.05) is 45.8 Å². The number of ether oxygens (including phenoxy) is 1. The Bertz CT molecular complexity index is 385. The third-order valence-electron chi connectivity index (χ3n) is 6.91. The lowest BCUT2D eigenvalue weighted by Crippen LogP contribution is -2.59. The molecule has 1 saturated carbocycles. The van der Waals surface area contributed by atoms with Gasteiger partial charge in [0.15, 0.2) is 0 Å². The maximum absolute atomic E-state index is 6.09. The first-order valence-electron chi connectivity index (χ1n) is 13.2. The van der Waals surface area contributed by atoms with Crippen molar-refractivity contribution in [1.82, 2.24) is 15.1 Å². The van der Waals surface area contributed by atoms with E-state index in [0.717, 1.165) is 13.1 Å². The average Bonchev–Trinajstić information content (AvgIpc) is 2.82. The molecule has 0 aromatic rings. The maximum Gasteiger partial charge on any atom is 0.0603 e. The zero-order valence-corrected chi connectivity index (χ0v) is 21.1. The maximum atomic E-state index is 6.09. The second-order valence-corrected chi connectivity index (χ2v) is 8.87. The highest BCUT2D eigenvalue weighted by Crippen LogP contribution is 2.40. The van der Waals surface area contributed by atoms with Crippen LogP contribution in [-0.2, 0) is 4.74 Å². The summed E-state index contributed by atoms with van der Waals surface area (Å²) in [5, 5.41) is 3.37. The molecule has 178 valence electrons. The molecule has 3 saturated heterocycles. The summed E-state index contributed by atoms with van der Waals surface area (Å²) in [6.07, 6.45) is 15.1. The fourth-order valence-corrected chi connectivity index (χ4v) is 5.03. The minimum absolute atomic E-state index is 0.560. The van der Waals surface area contributed by atoms with Gasteiger partial charge in [-0.05, 0) is 69.8 Å². The first kappa shape index (κ1) is 27.5. The van der Waals surface area contributed by atoms with Gasteiger partial charge >= 0.3 is 0 Å². The largest absolute Gasteiger partial charge is 0.378 e. The third-order valence-corrected chi connectivity index (χ3v) is 6.91. The van der Waals surface area contributed by atoms with E-state index in [1.54, 1.807) is 0 Å². The molecule has 1 spiro atoms. The van der Waals surface area contributed by atoms with Crippen LogP contribution < -0.4 is 5.32 Å². The van der Waals surface area contributed by atoms with Crippen LogP contribution in [0.25, 0.3) is 0 Å². The predicted octanol–water partition coefficient (Wildman–Crippen LogP) is 5.69. The van der Waals surface area contributed by atoms with Gasteiger partial charge in [0.25, 0.3) is 0 Å². The molecule has 3 aliphatic heterocycles. The van der Waals surface area contributed by atoms with Crippen LogP contribution in [0.5, 0.6) is 0 Å². The fraction of sp³-hybridized carbons (Fsp3) is 0.923. The Balaban J connectivity index is 0.000000258. The van der Waals surface area contributed by atoms with Gasteiger partial charge in [-0.3, -0.25) is 0 Å². The number of likely N-dealkylation sites (tertiary alicyclic amines) is 2. The SMILES string of the molecule is C1CCC(OC2CCNCC2)CC1.C=CN1CCC2(CC1)CN(CC)C2.CC.CC. The van der Waals surface area contributed by atoms with Gasteiger partial charge in [0.05, 0.1) is 12.2 Å². The molecule has 4 fully saturated rings. The van der Waals surface area contributed by atoms with Crippen molar-refractivity contribution in [1.29, 1.82) is 0 Å². The number of nitrogens with one attached hydrogen (secondary N) is 1. The molecule has 4 nitrogen and oxygen atoms in total. The van der Waals surface area contributed by atoms with Gasteiger partial charge in [0, 0.05) is 26.2 Å². The monoisotopic (exact) mass is 423 g/mol. The molecule has 1 N–H and O–H groups in total. The summed E-state index contributed by atoms with van der Waals surface area (Å²) >= 11 is 0. The smallest absolute Gasteiger partial charge is 0.0603 e. The number of piperidine rings is 2. The van der Waals surface area contributed by atoms with Crippen molar-refractivity contribution >= 4 is 0 Å². The molecule has 4 aliphatic rings. The topological polar surface area (TPSA) is 27.7 Å². The van der Waals surface area contributed by atoms with Gasteiger partial charge < -0.3 is 19.9 Å². The molecule has 0 aromatic carbocycles. The molecule has 0 amide bonds. The molecule has 0 radical (unpaired) electrons. The van der Waals surface area contributed by atoms with Crippen molar-refractivity contribution < 1.29 is 4.74 Å². The van der Waals surface area contributed by atoms with Crippen LogP contribution in [0.2, 0.25) is 0 Å². The minimum atomic E-state index is 0.560. The van der Waals surface area contributed by atoms with Crippen molar-refractivity contribution in [2.24, 2.45) is 5.41 Å². The number of hydrogen-bond donors (Lipinski definition) is 1. The fourth-order valence-electron chi connectivity index (χ4n) is 5.03. The Morgan fingerprint density at radius 1 is 0.900 bits per heavy atom. The zero-order valence-electron chi connectivity index (χ0n) is 21.1. The summed E-state index contributed by atoms with van der Waals surface area (Å²) in [4.78, 5) is 4.89. The molecule has 0 atom stereocenters. The molecule has 0 unspecified atom stereocenters. The molecule has 4 heteroatoms. The van der Waals surface area contributed by atoms with E-state index in [2.05, 4.69) is 28.6 Å². The van der Waals surface area contributed by atoms with E-state index in [9.17, 15) is 0 Å². The lowest BCUT2D eigenvalue weighted by molar-refractivity contribution is -0.0419. The number of rotatable bonds is 4. The molecule has 1 aliphatic carbocycles. The quantitative estimate of drug-likeness (QED) is 0.629. The van der Waals surface area contributed by atoms with E-state index >= 15 is 0 Å². The summed E-state index contributed by atoms with van der Waals surface area (Å²) in [5.41, 5.74) is 0.690. The van der Waals surface area contributed by atoms with Crippen molar-refractivity contribution in [3.8, 4) is 0 Å². The van der Waals surface area contributed by atoms with E-state index < -0.39 is 0 Å². The van der Waals surface area contributed by atoms with Crippen LogP contribution in [0.15, 0.2) is 12.8 Å². The van der Waals surface area contributed by atoms with Crippen molar-refractivity contribution in [2.45, 2.75) is 105 Å². The zero-order chi connectivity index (χ0) is 22.2. The van der Waals surface area contributed by atoms with Crippen LogP contribution >= 0.6 is 0 Å². The normalized spacial score (nSPS) is 24.2. The first-order chi connectivity index (χ1) is 14.7. The Morgan fingerprint density at radius 2 is 1.43 bits per heavy atom. The highest BCUT2D eigenvalue weighted by Gasteiger charge is 2.43. The van der Waals surface area contributed by atoms with E-state index in [1.807, 2.05) is 33.9 Å². The second-order valence-electron chi connectivity index (χ2n) is 8.87. The van der Waals surface area contributed by atoms with E-state index in [-0.39, 0.29) is 0 Å². The molecular weight excluding hydrogens is 370 g/mol. The lowest BCUT2D eigenvalue weighted by atomic mass is 9.72. The lowest BCUT2D eigenvalue weighted by Gasteiger charge is -2.53. The summed E-state index contributed by atoms with van der Waals surface area (Å²) in [7, 11) is 0. The first-order valence-corrected chi connectivity index (χ1v) is 13.2. The van der Waals surface area contributed by atoms with Crippen LogP contribution in [0.1, 0.15) is 92.4 Å². The van der Waals surface area contributed by atoms with Crippen LogP contribution in [0, 0.1) is 5.41 Å². The highest BCUT2D eigenvalue weighted by atomic mass is 16.5. The van der Waals surface area contributed by atoms with Crippen molar-refractivity contribution in [3.63, 3.8) is 0 Å². The van der Waals surface area contributed by atoms with Gasteiger partial charge in [0.2, 0.25) is 0 Å². The number of hydrogen-bond acceptors (Lipinski definition) is 4. The van der Waals surface area contributed by atoms with E-state index in [0.29, 0.717) is 17.6 Å².